The highest BCUT2D eigenvalue weighted by atomic mass is 35.5. The summed E-state index contributed by atoms with van der Waals surface area (Å²) in [6.07, 6.45) is 0.738. The van der Waals surface area contributed by atoms with Crippen LogP contribution in [0.15, 0.2) is 12.1 Å². The molecule has 7 heteroatoms. The molecule has 108 valence electrons. The number of hydrogen-bond donors (Lipinski definition) is 1. The summed E-state index contributed by atoms with van der Waals surface area (Å²) >= 11 is 13.4. The lowest BCUT2D eigenvalue weighted by Gasteiger charge is -2.29. The van der Waals surface area contributed by atoms with Gasteiger partial charge in [-0.25, -0.2) is 0 Å². The van der Waals surface area contributed by atoms with Crippen molar-refractivity contribution in [2.75, 3.05) is 18.1 Å². The molecule has 0 unspecified atom stereocenters. The van der Waals surface area contributed by atoms with Crippen LogP contribution in [0.5, 0.6) is 0 Å². The van der Waals surface area contributed by atoms with Gasteiger partial charge in [0.25, 0.3) is 0 Å². The second-order valence-corrected chi connectivity index (χ2v) is 6.38. The molecule has 0 spiro atoms. The van der Waals surface area contributed by atoms with Crippen LogP contribution in [0.1, 0.15) is 11.1 Å². The van der Waals surface area contributed by atoms with Gasteiger partial charge in [0.05, 0.1) is 11.5 Å². The van der Waals surface area contributed by atoms with Gasteiger partial charge in [0.1, 0.15) is 0 Å². The van der Waals surface area contributed by atoms with E-state index in [1.807, 2.05) is 6.07 Å². The molecule has 0 aromatic heterocycles. The summed E-state index contributed by atoms with van der Waals surface area (Å²) in [5.41, 5.74) is 7.09. The summed E-state index contributed by atoms with van der Waals surface area (Å²) in [7, 11) is 0. The Morgan fingerprint density at radius 1 is 1.30 bits per heavy atom. The van der Waals surface area contributed by atoms with Crippen LogP contribution in [0.4, 0.5) is 0 Å². The summed E-state index contributed by atoms with van der Waals surface area (Å²) in [6, 6.07) is 3.59. The molecule has 0 saturated heterocycles. The summed E-state index contributed by atoms with van der Waals surface area (Å²) in [6.45, 7) is 1.13. The van der Waals surface area contributed by atoms with Crippen molar-refractivity contribution in [1.29, 1.82) is 0 Å². The molecule has 0 saturated carbocycles. The quantitative estimate of drug-likeness (QED) is 0.918. The highest BCUT2D eigenvalue weighted by Crippen LogP contribution is 2.30. The van der Waals surface area contributed by atoms with Crippen LogP contribution in [0.25, 0.3) is 0 Å². The fraction of sp³-hybridized carbons (Fsp3) is 0.385. The van der Waals surface area contributed by atoms with E-state index in [-0.39, 0.29) is 17.4 Å². The van der Waals surface area contributed by atoms with Gasteiger partial charge in [-0.15, -0.1) is 11.8 Å². The van der Waals surface area contributed by atoms with Gasteiger partial charge in [-0.1, -0.05) is 23.2 Å². The van der Waals surface area contributed by atoms with E-state index in [2.05, 4.69) is 0 Å². The van der Waals surface area contributed by atoms with Crippen molar-refractivity contribution in [2.45, 2.75) is 13.0 Å². The lowest BCUT2D eigenvalue weighted by molar-refractivity contribution is -0.129. The number of amides is 2. The number of carbonyl (C=O) groups excluding carboxylic acids is 2. The van der Waals surface area contributed by atoms with Crippen LogP contribution in [0.3, 0.4) is 0 Å². The normalized spacial score (nSPS) is 14.0. The van der Waals surface area contributed by atoms with Gasteiger partial charge >= 0.3 is 0 Å². The van der Waals surface area contributed by atoms with Crippen LogP contribution in [-0.2, 0) is 22.6 Å². The minimum atomic E-state index is -0.413. The zero-order chi connectivity index (χ0) is 14.7. The topological polar surface area (TPSA) is 63.4 Å². The number of carbonyl (C=O) groups is 2. The molecule has 4 nitrogen and oxygen atoms in total. The zero-order valence-corrected chi connectivity index (χ0v) is 13.0. The van der Waals surface area contributed by atoms with Crippen molar-refractivity contribution < 1.29 is 9.59 Å². The number of fused-ring (bicyclic) bond motifs is 1. The van der Waals surface area contributed by atoms with Gasteiger partial charge in [0.2, 0.25) is 11.8 Å². The number of thioether (sulfide) groups is 1. The number of hydrogen-bond acceptors (Lipinski definition) is 3. The molecule has 0 fully saturated rings. The van der Waals surface area contributed by atoms with Crippen molar-refractivity contribution in [1.82, 2.24) is 4.90 Å². The minimum absolute atomic E-state index is 0.00656. The highest BCUT2D eigenvalue weighted by Gasteiger charge is 2.22. The zero-order valence-electron chi connectivity index (χ0n) is 10.7. The lowest BCUT2D eigenvalue weighted by Crippen LogP contribution is -2.37. The lowest BCUT2D eigenvalue weighted by atomic mass is 10.00. The number of primary amides is 1. The summed E-state index contributed by atoms with van der Waals surface area (Å²) in [5.74, 6) is -0.00637. The van der Waals surface area contributed by atoms with Crippen LogP contribution in [-0.4, -0.2) is 34.8 Å². The van der Waals surface area contributed by atoms with Gasteiger partial charge in [-0.2, -0.15) is 0 Å². The Bertz CT molecular complexity index is 551. The summed E-state index contributed by atoms with van der Waals surface area (Å²) < 4.78 is 0. The average molecular weight is 333 g/mol. The predicted octanol–water partition coefficient (Wildman–Crippen LogP) is 2.10. The van der Waals surface area contributed by atoms with Crippen molar-refractivity contribution >= 4 is 46.8 Å². The molecular formula is C13H14Cl2N2O2S. The smallest absolute Gasteiger partial charge is 0.232 e. The first-order chi connectivity index (χ1) is 9.47. The third-order valence-electron chi connectivity index (χ3n) is 3.08. The highest BCUT2D eigenvalue weighted by molar-refractivity contribution is 8.00. The Kier molecular flexibility index (Phi) is 5.18. The van der Waals surface area contributed by atoms with Gasteiger partial charge in [-0.05, 0) is 29.7 Å². The Morgan fingerprint density at radius 3 is 2.75 bits per heavy atom. The molecule has 20 heavy (non-hydrogen) atoms. The molecule has 0 bridgehead atoms. The van der Waals surface area contributed by atoms with E-state index >= 15 is 0 Å². The molecule has 2 amide bonds. The molecular weight excluding hydrogens is 319 g/mol. The predicted molar refractivity (Wildman–Crippen MR) is 82.1 cm³/mol. The van der Waals surface area contributed by atoms with Gasteiger partial charge in [0.15, 0.2) is 0 Å². The fourth-order valence-electron chi connectivity index (χ4n) is 2.13. The minimum Gasteiger partial charge on any atom is -0.369 e. The van der Waals surface area contributed by atoms with E-state index in [1.165, 1.54) is 11.8 Å². The third-order valence-corrected chi connectivity index (χ3v) is 4.57. The molecule has 1 aliphatic heterocycles. The molecule has 1 heterocycles. The van der Waals surface area contributed by atoms with E-state index in [9.17, 15) is 9.59 Å². The standard InChI is InChI=1S/C13H14Cl2N2O2S/c14-9-3-8-1-2-17(5-10(8)11(15)4-9)13(19)7-20-6-12(16)18/h3-4H,1-2,5-7H2,(H2,16,18). The molecule has 0 radical (unpaired) electrons. The first kappa shape index (κ1) is 15.5. The maximum atomic E-state index is 12.1. The molecule has 1 aromatic carbocycles. The molecule has 0 aliphatic carbocycles. The number of rotatable bonds is 4. The van der Waals surface area contributed by atoms with Crippen LogP contribution < -0.4 is 5.73 Å². The Labute approximate surface area is 131 Å². The van der Waals surface area contributed by atoms with E-state index in [4.69, 9.17) is 28.9 Å². The third kappa shape index (κ3) is 3.81. The summed E-state index contributed by atoms with van der Waals surface area (Å²) in [4.78, 5) is 24.4. The van der Waals surface area contributed by atoms with Crippen molar-refractivity contribution in [3.05, 3.63) is 33.3 Å². The Balaban J connectivity index is 2.00. The van der Waals surface area contributed by atoms with Gasteiger partial charge in [0, 0.05) is 23.1 Å². The monoisotopic (exact) mass is 332 g/mol. The molecule has 1 aromatic rings. The van der Waals surface area contributed by atoms with E-state index in [0.29, 0.717) is 23.1 Å². The fourth-order valence-corrected chi connectivity index (χ4v) is 3.38. The van der Waals surface area contributed by atoms with Crippen molar-refractivity contribution in [2.24, 2.45) is 5.73 Å². The first-order valence-electron chi connectivity index (χ1n) is 6.08. The SMILES string of the molecule is NC(=O)CSCC(=O)N1CCc2cc(Cl)cc(Cl)c2C1. The number of halogens is 2. The molecule has 2 N–H and O–H groups in total. The van der Waals surface area contributed by atoms with Crippen LogP contribution >= 0.6 is 35.0 Å². The molecule has 1 aliphatic rings. The van der Waals surface area contributed by atoms with E-state index in [0.717, 1.165) is 17.5 Å². The Hall–Kier alpha value is -0.910. The van der Waals surface area contributed by atoms with Crippen LogP contribution in [0.2, 0.25) is 10.0 Å². The second kappa shape index (κ2) is 6.70. The second-order valence-electron chi connectivity index (χ2n) is 4.55. The summed E-state index contributed by atoms with van der Waals surface area (Å²) in [5, 5.41) is 1.21. The molecule has 2 rings (SSSR count). The van der Waals surface area contributed by atoms with Crippen LogP contribution in [0, 0.1) is 0 Å². The number of nitrogens with two attached hydrogens (primary N) is 1. The largest absolute Gasteiger partial charge is 0.369 e. The van der Waals surface area contributed by atoms with Gasteiger partial charge in [-0.3, -0.25) is 9.59 Å². The van der Waals surface area contributed by atoms with Crippen molar-refractivity contribution in [3.8, 4) is 0 Å². The van der Waals surface area contributed by atoms with Crippen molar-refractivity contribution in [3.63, 3.8) is 0 Å². The van der Waals surface area contributed by atoms with Gasteiger partial charge < -0.3 is 10.6 Å². The first-order valence-corrected chi connectivity index (χ1v) is 7.99. The molecule has 0 atom stereocenters. The maximum absolute atomic E-state index is 12.1. The number of benzene rings is 1. The van der Waals surface area contributed by atoms with E-state index in [1.54, 1.807) is 11.0 Å². The number of nitrogens with zero attached hydrogens (tertiary/aromatic N) is 1. The van der Waals surface area contributed by atoms with E-state index < -0.39 is 5.91 Å². The average Bonchev–Trinajstić information content (AvgIpc) is 2.37. The Morgan fingerprint density at radius 2 is 2.05 bits per heavy atom. The maximum Gasteiger partial charge on any atom is 0.232 e.